The molecule has 0 unspecified atom stereocenters. The number of methoxy groups -OCH3 is 1. The van der Waals surface area contributed by atoms with Crippen molar-refractivity contribution >= 4 is 11.9 Å². The molecule has 0 amide bonds. The van der Waals surface area contributed by atoms with Gasteiger partial charge in [0.2, 0.25) is 0 Å². The van der Waals surface area contributed by atoms with Crippen LogP contribution in [0, 0.1) is 19.8 Å². The fourth-order valence-electron chi connectivity index (χ4n) is 4.09. The van der Waals surface area contributed by atoms with Crippen molar-refractivity contribution < 1.29 is 23.5 Å². The molecule has 0 aliphatic heterocycles. The van der Waals surface area contributed by atoms with Crippen LogP contribution in [-0.2, 0) is 32.1 Å². The number of hydrogen-bond acceptors (Lipinski definition) is 6. The zero-order chi connectivity index (χ0) is 25.4. The van der Waals surface area contributed by atoms with Gasteiger partial charge in [-0.3, -0.25) is 14.9 Å². The number of carbonyl (C=O) groups is 2. The minimum Gasteiger partial charge on any atom is -0.468 e. The normalized spacial score (nSPS) is 12.9. The minimum absolute atomic E-state index is 0.177. The summed E-state index contributed by atoms with van der Waals surface area (Å²) in [7, 11) is 1.34. The number of aryl methyl sites for hydroxylation is 2. The molecular weight excluding hydrogens is 442 g/mol. The van der Waals surface area contributed by atoms with Crippen molar-refractivity contribution in [3.8, 4) is 11.3 Å². The predicted molar refractivity (Wildman–Crippen MR) is 136 cm³/mol. The largest absolute Gasteiger partial charge is 0.468 e. The molecule has 1 aromatic heterocycles. The summed E-state index contributed by atoms with van der Waals surface area (Å²) in [5, 5.41) is 3.18. The average molecular weight is 478 g/mol. The molecule has 1 N–H and O–H groups in total. The van der Waals surface area contributed by atoms with Crippen molar-refractivity contribution in [1.82, 2.24) is 5.32 Å². The quantitative estimate of drug-likeness (QED) is 0.373. The lowest BCUT2D eigenvalue weighted by Gasteiger charge is -2.24. The highest BCUT2D eigenvalue weighted by Gasteiger charge is 2.30. The standard InChI is InChI=1S/C29H35NO5/c1-19(2)13-25(29(32)34-18-22-9-7-6-8-10-22)30-26(28(31)33-5)17-24-11-12-27(35-24)23-15-20(3)14-21(4)16-23/h6-12,14-16,19,25-26,30H,13,17-18H2,1-5H3/t25-,26-/m0/s1. The van der Waals surface area contributed by atoms with E-state index < -0.39 is 24.0 Å². The molecule has 6 heteroatoms. The summed E-state index contributed by atoms with van der Waals surface area (Å²) in [5.74, 6) is 0.722. The van der Waals surface area contributed by atoms with E-state index >= 15 is 0 Å². The molecule has 0 saturated heterocycles. The number of carbonyl (C=O) groups excluding carboxylic acids is 2. The van der Waals surface area contributed by atoms with E-state index in [1.165, 1.54) is 7.11 Å². The monoisotopic (exact) mass is 477 g/mol. The summed E-state index contributed by atoms with van der Waals surface area (Å²) >= 11 is 0. The maximum Gasteiger partial charge on any atom is 0.323 e. The van der Waals surface area contributed by atoms with E-state index in [-0.39, 0.29) is 18.9 Å². The fraction of sp³-hybridized carbons (Fsp3) is 0.379. The number of nitrogens with one attached hydrogen (secondary N) is 1. The van der Waals surface area contributed by atoms with Gasteiger partial charge in [-0.15, -0.1) is 0 Å². The van der Waals surface area contributed by atoms with E-state index in [0.29, 0.717) is 12.2 Å². The van der Waals surface area contributed by atoms with Gasteiger partial charge in [-0.25, -0.2) is 0 Å². The van der Waals surface area contributed by atoms with Crippen LogP contribution in [0.3, 0.4) is 0 Å². The lowest BCUT2D eigenvalue weighted by Crippen LogP contribution is -2.49. The first kappa shape index (κ1) is 26.2. The van der Waals surface area contributed by atoms with Crippen molar-refractivity contribution in [2.75, 3.05) is 7.11 Å². The Morgan fingerprint density at radius 2 is 1.60 bits per heavy atom. The van der Waals surface area contributed by atoms with Gasteiger partial charge in [-0.2, -0.15) is 0 Å². The molecule has 2 atom stereocenters. The van der Waals surface area contributed by atoms with E-state index in [9.17, 15) is 9.59 Å². The molecule has 1 heterocycles. The zero-order valence-electron chi connectivity index (χ0n) is 21.2. The van der Waals surface area contributed by atoms with Gasteiger partial charge < -0.3 is 13.9 Å². The third kappa shape index (κ3) is 7.82. The number of benzene rings is 2. The summed E-state index contributed by atoms with van der Waals surface area (Å²) in [6.45, 7) is 8.31. The summed E-state index contributed by atoms with van der Waals surface area (Å²) in [5.41, 5.74) is 4.19. The third-order valence-corrected chi connectivity index (χ3v) is 5.68. The van der Waals surface area contributed by atoms with E-state index in [0.717, 1.165) is 28.0 Å². The molecule has 2 aromatic carbocycles. The van der Waals surface area contributed by atoms with Gasteiger partial charge in [0, 0.05) is 12.0 Å². The first-order valence-corrected chi connectivity index (χ1v) is 12.0. The second-order valence-corrected chi connectivity index (χ2v) is 9.36. The Kier molecular flexibility index (Phi) is 9.26. The zero-order valence-corrected chi connectivity index (χ0v) is 21.2. The van der Waals surface area contributed by atoms with Gasteiger partial charge in [-0.1, -0.05) is 61.4 Å². The first-order chi connectivity index (χ1) is 16.7. The van der Waals surface area contributed by atoms with Crippen LogP contribution in [0.4, 0.5) is 0 Å². The molecule has 35 heavy (non-hydrogen) atoms. The van der Waals surface area contributed by atoms with Crippen LogP contribution in [0.5, 0.6) is 0 Å². The molecule has 0 saturated carbocycles. The van der Waals surface area contributed by atoms with Crippen LogP contribution in [0.2, 0.25) is 0 Å². The topological polar surface area (TPSA) is 77.8 Å². The van der Waals surface area contributed by atoms with E-state index in [1.54, 1.807) is 0 Å². The fourth-order valence-corrected chi connectivity index (χ4v) is 4.09. The number of ether oxygens (including phenoxy) is 2. The maximum atomic E-state index is 12.9. The van der Waals surface area contributed by atoms with Crippen LogP contribution < -0.4 is 5.32 Å². The molecule has 3 aromatic rings. The van der Waals surface area contributed by atoms with Crippen LogP contribution in [0.15, 0.2) is 65.1 Å². The Morgan fingerprint density at radius 1 is 0.914 bits per heavy atom. The van der Waals surface area contributed by atoms with E-state index in [1.807, 2.05) is 70.2 Å². The molecule has 0 radical (unpaired) electrons. The minimum atomic E-state index is -0.758. The molecule has 3 rings (SSSR count). The number of furan rings is 1. The number of rotatable bonds is 11. The highest BCUT2D eigenvalue weighted by molar-refractivity contribution is 5.80. The van der Waals surface area contributed by atoms with Gasteiger partial charge >= 0.3 is 11.9 Å². The first-order valence-electron chi connectivity index (χ1n) is 12.0. The summed E-state index contributed by atoms with van der Waals surface area (Å²) in [6.07, 6.45) is 0.769. The molecule has 0 fully saturated rings. The highest BCUT2D eigenvalue weighted by Crippen LogP contribution is 2.25. The third-order valence-electron chi connectivity index (χ3n) is 5.68. The van der Waals surface area contributed by atoms with Crippen LogP contribution in [-0.4, -0.2) is 31.1 Å². The van der Waals surface area contributed by atoms with E-state index in [4.69, 9.17) is 13.9 Å². The SMILES string of the molecule is COC(=O)[C@H](Cc1ccc(-c2cc(C)cc(C)c2)o1)N[C@@H](CC(C)C)C(=O)OCc1ccccc1. The van der Waals surface area contributed by atoms with Crippen molar-refractivity contribution in [1.29, 1.82) is 0 Å². The molecule has 0 aliphatic carbocycles. The van der Waals surface area contributed by atoms with Crippen molar-refractivity contribution in [3.63, 3.8) is 0 Å². The Morgan fingerprint density at radius 3 is 2.23 bits per heavy atom. The van der Waals surface area contributed by atoms with Gasteiger partial charge in [-0.05, 0) is 56.0 Å². The molecule has 0 bridgehead atoms. The van der Waals surface area contributed by atoms with Gasteiger partial charge in [0.05, 0.1) is 7.11 Å². The Hall–Kier alpha value is -3.38. The summed E-state index contributed by atoms with van der Waals surface area (Å²) < 4.78 is 16.7. The molecule has 0 spiro atoms. The summed E-state index contributed by atoms with van der Waals surface area (Å²) in [4.78, 5) is 25.6. The van der Waals surface area contributed by atoms with Crippen LogP contribution >= 0.6 is 0 Å². The Bertz CT molecular complexity index is 1100. The van der Waals surface area contributed by atoms with E-state index in [2.05, 4.69) is 23.5 Å². The highest BCUT2D eigenvalue weighted by atomic mass is 16.5. The molecule has 6 nitrogen and oxygen atoms in total. The van der Waals surface area contributed by atoms with Crippen molar-refractivity contribution in [2.45, 2.75) is 59.2 Å². The Balaban J connectivity index is 1.73. The average Bonchev–Trinajstić information content (AvgIpc) is 3.29. The second-order valence-electron chi connectivity index (χ2n) is 9.36. The van der Waals surface area contributed by atoms with Gasteiger partial charge in [0.15, 0.2) is 0 Å². The van der Waals surface area contributed by atoms with Crippen molar-refractivity contribution in [3.05, 3.63) is 83.1 Å². The summed E-state index contributed by atoms with van der Waals surface area (Å²) in [6, 6.07) is 18.1. The molecular formula is C29H35NO5. The predicted octanol–water partition coefficient (Wildman–Crippen LogP) is 5.40. The van der Waals surface area contributed by atoms with Gasteiger partial charge in [0.25, 0.3) is 0 Å². The molecule has 0 aliphatic rings. The number of esters is 2. The lowest BCUT2D eigenvalue weighted by atomic mass is 10.0. The van der Waals surface area contributed by atoms with Gasteiger partial charge in [0.1, 0.15) is 30.2 Å². The van der Waals surface area contributed by atoms with Crippen LogP contribution in [0.1, 0.15) is 42.7 Å². The smallest absolute Gasteiger partial charge is 0.323 e. The molecule has 186 valence electrons. The van der Waals surface area contributed by atoms with Crippen LogP contribution in [0.25, 0.3) is 11.3 Å². The number of hydrogen-bond donors (Lipinski definition) is 1. The maximum absolute atomic E-state index is 12.9. The van der Waals surface area contributed by atoms with Crippen molar-refractivity contribution in [2.24, 2.45) is 5.92 Å². The second kappa shape index (κ2) is 12.4. The lowest BCUT2D eigenvalue weighted by molar-refractivity contribution is -0.149. The Labute approximate surface area is 207 Å².